The number of nitrogens with one attached hydrogen (secondary N) is 3. The molecule has 8 nitrogen and oxygen atoms in total. The molecular formula is C22H28F2N6O2. The predicted octanol–water partition coefficient (Wildman–Crippen LogP) is 3.57. The summed E-state index contributed by atoms with van der Waals surface area (Å²) in [5, 5.41) is 13.0. The third kappa shape index (κ3) is 5.24. The fraction of sp³-hybridized carbons (Fsp3) is 0.500. The first-order valence-electron chi connectivity index (χ1n) is 10.9. The van der Waals surface area contributed by atoms with Gasteiger partial charge in [-0.1, -0.05) is 31.2 Å². The first kappa shape index (κ1) is 22.2. The molecule has 3 heterocycles. The number of H-pyrrole nitrogens is 1. The number of nitrogens with zero attached hydrogens (tertiary/aromatic N) is 3. The van der Waals surface area contributed by atoms with Gasteiger partial charge in [0.05, 0.1) is 10.9 Å². The first-order valence-corrected chi connectivity index (χ1v) is 10.9. The van der Waals surface area contributed by atoms with Crippen LogP contribution in [-0.4, -0.2) is 64.8 Å². The summed E-state index contributed by atoms with van der Waals surface area (Å²) in [6, 6.07) is 1.31. The van der Waals surface area contributed by atoms with E-state index in [0.29, 0.717) is 28.6 Å². The van der Waals surface area contributed by atoms with Crippen molar-refractivity contribution >= 4 is 22.8 Å². The highest BCUT2D eigenvalue weighted by Crippen LogP contribution is 2.30. The highest BCUT2D eigenvalue weighted by molar-refractivity contribution is 5.92. The van der Waals surface area contributed by atoms with E-state index in [1.165, 1.54) is 6.20 Å². The largest absolute Gasteiger partial charge is 0.470 e. The predicted molar refractivity (Wildman–Crippen MR) is 118 cm³/mol. The lowest BCUT2D eigenvalue weighted by Crippen LogP contribution is -2.44. The Hall–Kier alpha value is -3.01. The number of rotatable bonds is 8. The number of amides is 2. The molecule has 0 radical (unpaired) electrons. The number of fused-ring (bicyclic) bond motifs is 1. The molecule has 0 saturated carbocycles. The van der Waals surface area contributed by atoms with Crippen molar-refractivity contribution in [3.05, 3.63) is 36.6 Å². The monoisotopic (exact) mass is 446 g/mol. The molecular weight excluding hydrogens is 418 g/mol. The van der Waals surface area contributed by atoms with Gasteiger partial charge in [0.25, 0.3) is 6.43 Å². The van der Waals surface area contributed by atoms with Crippen molar-refractivity contribution in [2.75, 3.05) is 31.6 Å². The smallest absolute Gasteiger partial charge is 0.320 e. The van der Waals surface area contributed by atoms with Crippen molar-refractivity contribution in [3.8, 4) is 5.88 Å². The SMILES string of the molecule is CCCN1C[C@H](NC(=O)Nc2cc3[nH]nc(OCC(F)F)c3cn2)[C@@H](C2C=CC=CC2)C1. The summed E-state index contributed by atoms with van der Waals surface area (Å²) in [6.45, 7) is 4.20. The molecule has 172 valence electrons. The Balaban J connectivity index is 1.40. The number of carbonyl (C=O) groups is 1. The number of alkyl halides is 2. The van der Waals surface area contributed by atoms with Crippen LogP contribution in [0.15, 0.2) is 36.6 Å². The number of anilines is 1. The second-order valence-electron chi connectivity index (χ2n) is 8.19. The van der Waals surface area contributed by atoms with Crippen LogP contribution in [0.2, 0.25) is 0 Å². The lowest BCUT2D eigenvalue weighted by Gasteiger charge is -2.26. The zero-order valence-electron chi connectivity index (χ0n) is 17.9. The molecule has 10 heteroatoms. The third-order valence-corrected chi connectivity index (χ3v) is 5.86. The second-order valence-corrected chi connectivity index (χ2v) is 8.19. The summed E-state index contributed by atoms with van der Waals surface area (Å²) < 4.78 is 29.7. The van der Waals surface area contributed by atoms with Gasteiger partial charge in [-0.15, -0.1) is 5.10 Å². The standard InChI is InChI=1S/C22H28F2N6O2/c1-2-8-30-11-16(14-6-4-3-5-7-14)18(12-30)26-22(31)27-20-9-17-15(10-25-20)21(29-28-17)32-13-19(23)24/h3-6,9-10,14,16,18-19H,2,7-8,11-13H2,1H3,(H,28,29)(H2,25,26,27,31)/t14?,16-,18+/m1/s1. The maximum Gasteiger partial charge on any atom is 0.320 e. The van der Waals surface area contributed by atoms with E-state index in [0.717, 1.165) is 32.5 Å². The van der Waals surface area contributed by atoms with E-state index in [1.54, 1.807) is 6.07 Å². The first-order chi connectivity index (χ1) is 15.5. The quantitative estimate of drug-likeness (QED) is 0.576. The molecule has 32 heavy (non-hydrogen) atoms. The van der Waals surface area contributed by atoms with Crippen LogP contribution in [0.4, 0.5) is 19.4 Å². The Kier molecular flexibility index (Phi) is 6.99. The van der Waals surface area contributed by atoms with E-state index < -0.39 is 13.0 Å². The summed E-state index contributed by atoms with van der Waals surface area (Å²) >= 11 is 0. The van der Waals surface area contributed by atoms with E-state index in [9.17, 15) is 13.6 Å². The number of hydrogen-bond acceptors (Lipinski definition) is 5. The topological polar surface area (TPSA) is 95.2 Å². The Bertz CT molecular complexity index is 992. The van der Waals surface area contributed by atoms with Gasteiger partial charge in [-0.05, 0) is 31.2 Å². The van der Waals surface area contributed by atoms with Crippen LogP contribution in [0.3, 0.4) is 0 Å². The maximum absolute atomic E-state index is 12.7. The van der Waals surface area contributed by atoms with E-state index >= 15 is 0 Å². The van der Waals surface area contributed by atoms with Crippen LogP contribution in [0.25, 0.3) is 10.9 Å². The zero-order valence-corrected chi connectivity index (χ0v) is 17.9. The summed E-state index contributed by atoms with van der Waals surface area (Å²) in [7, 11) is 0. The lowest BCUT2D eigenvalue weighted by atomic mass is 9.84. The molecule has 2 aliphatic rings. The molecule has 1 unspecified atom stereocenters. The molecule has 0 aromatic carbocycles. The molecule has 2 amide bonds. The molecule has 3 atom stereocenters. The second kappa shape index (κ2) is 10.1. The van der Waals surface area contributed by atoms with Gasteiger partial charge >= 0.3 is 6.03 Å². The number of pyridine rings is 1. The van der Waals surface area contributed by atoms with E-state index in [-0.39, 0.29) is 18.0 Å². The minimum atomic E-state index is -2.59. The van der Waals surface area contributed by atoms with E-state index in [4.69, 9.17) is 4.74 Å². The van der Waals surface area contributed by atoms with Crippen LogP contribution in [0.5, 0.6) is 5.88 Å². The van der Waals surface area contributed by atoms with Gasteiger partial charge in [-0.25, -0.2) is 18.6 Å². The number of urea groups is 1. The van der Waals surface area contributed by atoms with Gasteiger partial charge in [-0.3, -0.25) is 10.4 Å². The van der Waals surface area contributed by atoms with Gasteiger partial charge in [0.1, 0.15) is 5.82 Å². The maximum atomic E-state index is 12.7. The van der Waals surface area contributed by atoms with Crippen LogP contribution in [0, 0.1) is 11.8 Å². The lowest BCUT2D eigenvalue weighted by molar-refractivity contribution is 0.0803. The minimum absolute atomic E-state index is 0.0351. The summed E-state index contributed by atoms with van der Waals surface area (Å²) in [6.07, 6.45) is 9.45. The van der Waals surface area contributed by atoms with Gasteiger partial charge in [0, 0.05) is 31.4 Å². The average Bonchev–Trinajstić information content (AvgIpc) is 3.36. The molecule has 1 saturated heterocycles. The number of halogens is 2. The number of likely N-dealkylation sites (tertiary alicyclic amines) is 1. The van der Waals surface area contributed by atoms with Crippen LogP contribution in [-0.2, 0) is 0 Å². The summed E-state index contributed by atoms with van der Waals surface area (Å²) in [5.41, 5.74) is 0.534. The van der Waals surface area contributed by atoms with Gasteiger partial charge in [0.15, 0.2) is 6.61 Å². The summed E-state index contributed by atoms with van der Waals surface area (Å²) in [4.78, 5) is 19.3. The highest BCUT2D eigenvalue weighted by Gasteiger charge is 2.37. The van der Waals surface area contributed by atoms with Gasteiger partial charge in [-0.2, -0.15) is 0 Å². The van der Waals surface area contributed by atoms with Crippen molar-refractivity contribution in [2.24, 2.45) is 11.8 Å². The van der Waals surface area contributed by atoms with Crippen LogP contribution < -0.4 is 15.4 Å². The normalized spacial score (nSPS) is 23.2. The van der Waals surface area contributed by atoms with Crippen LogP contribution in [0.1, 0.15) is 19.8 Å². The Morgan fingerprint density at radius 2 is 2.25 bits per heavy atom. The molecule has 4 rings (SSSR count). The molecule has 2 aromatic rings. The van der Waals surface area contributed by atoms with Crippen molar-refractivity contribution in [1.29, 1.82) is 0 Å². The van der Waals surface area contributed by atoms with Gasteiger partial charge < -0.3 is 15.0 Å². The van der Waals surface area contributed by atoms with E-state index in [2.05, 4.69) is 61.9 Å². The third-order valence-electron chi connectivity index (χ3n) is 5.86. The number of aromatic amines is 1. The number of hydrogen-bond donors (Lipinski definition) is 3. The molecule has 1 aliphatic heterocycles. The molecule has 1 aliphatic carbocycles. The Morgan fingerprint density at radius 1 is 1.38 bits per heavy atom. The van der Waals surface area contributed by atoms with Crippen LogP contribution >= 0.6 is 0 Å². The summed E-state index contributed by atoms with van der Waals surface area (Å²) in [5.74, 6) is 1.13. The van der Waals surface area contributed by atoms with Gasteiger partial charge in [0.2, 0.25) is 5.88 Å². The van der Waals surface area contributed by atoms with Crippen molar-refractivity contribution in [1.82, 2.24) is 25.4 Å². The molecule has 0 spiro atoms. The molecule has 1 fully saturated rings. The Morgan fingerprint density at radius 3 is 3.00 bits per heavy atom. The number of aromatic nitrogens is 3. The fourth-order valence-corrected chi connectivity index (χ4v) is 4.45. The van der Waals surface area contributed by atoms with Crippen molar-refractivity contribution < 1.29 is 18.3 Å². The van der Waals surface area contributed by atoms with Crippen molar-refractivity contribution in [3.63, 3.8) is 0 Å². The fourth-order valence-electron chi connectivity index (χ4n) is 4.45. The number of ether oxygens (including phenoxy) is 1. The minimum Gasteiger partial charge on any atom is -0.470 e. The molecule has 3 N–H and O–H groups in total. The Labute approximate surface area is 185 Å². The average molecular weight is 447 g/mol. The number of carbonyl (C=O) groups excluding carboxylic acids is 1. The van der Waals surface area contributed by atoms with E-state index in [1.807, 2.05) is 0 Å². The molecule has 2 aromatic heterocycles. The van der Waals surface area contributed by atoms with Crippen molar-refractivity contribution in [2.45, 2.75) is 32.2 Å². The highest BCUT2D eigenvalue weighted by atomic mass is 19.3. The zero-order chi connectivity index (χ0) is 22.5. The molecule has 0 bridgehead atoms. The number of allylic oxidation sites excluding steroid dienone is 4.